The lowest BCUT2D eigenvalue weighted by Crippen LogP contribution is -2.29. The molecule has 194 valence electrons. The molecule has 5 rings (SSSR count). The van der Waals surface area contributed by atoms with Gasteiger partial charge in [0.1, 0.15) is 17.0 Å². The number of imidazole rings is 1. The van der Waals surface area contributed by atoms with Crippen LogP contribution in [0.15, 0.2) is 18.3 Å². The molecule has 1 saturated heterocycles. The number of anilines is 3. The van der Waals surface area contributed by atoms with Crippen molar-refractivity contribution in [1.82, 2.24) is 24.8 Å². The van der Waals surface area contributed by atoms with E-state index in [1.807, 2.05) is 7.05 Å². The average Bonchev–Trinajstić information content (AvgIpc) is 3.50. The van der Waals surface area contributed by atoms with Crippen LogP contribution in [0.3, 0.4) is 0 Å². The lowest BCUT2D eigenvalue weighted by atomic mass is 9.86. The summed E-state index contributed by atoms with van der Waals surface area (Å²) in [5.74, 6) is -1.87. The average molecular weight is 506 g/mol. The normalized spacial score (nSPS) is 22.3. The minimum atomic E-state index is -1.05. The van der Waals surface area contributed by atoms with Crippen molar-refractivity contribution >= 4 is 28.7 Å². The number of aromatic nitrogens is 4. The molecule has 1 atom stereocenters. The third-order valence-corrected chi connectivity index (χ3v) is 6.73. The van der Waals surface area contributed by atoms with Crippen LogP contribution in [-0.4, -0.2) is 59.2 Å². The van der Waals surface area contributed by atoms with Gasteiger partial charge in [0.15, 0.2) is 17.3 Å². The molecule has 1 aromatic carbocycles. The van der Waals surface area contributed by atoms with Gasteiger partial charge in [0.05, 0.1) is 32.2 Å². The highest BCUT2D eigenvalue weighted by molar-refractivity contribution is 5.76. The summed E-state index contributed by atoms with van der Waals surface area (Å²) in [4.78, 5) is 13.6. The highest BCUT2D eigenvalue weighted by atomic mass is 19.1. The summed E-state index contributed by atoms with van der Waals surface area (Å²) in [6.45, 7) is 2.29. The van der Waals surface area contributed by atoms with Crippen LogP contribution in [0.2, 0.25) is 0 Å². The Labute approximate surface area is 206 Å². The van der Waals surface area contributed by atoms with Crippen LogP contribution < -0.4 is 16.0 Å². The number of hydrogen-bond donors (Lipinski definition) is 3. The minimum absolute atomic E-state index is 0.125. The third kappa shape index (κ3) is 5.40. The first kappa shape index (κ1) is 24.7. The summed E-state index contributed by atoms with van der Waals surface area (Å²) in [5, 5.41) is 9.12. The van der Waals surface area contributed by atoms with Gasteiger partial charge in [0.25, 0.3) is 0 Å². The van der Waals surface area contributed by atoms with Crippen LogP contribution in [0.5, 0.6) is 0 Å². The van der Waals surface area contributed by atoms with Gasteiger partial charge in [-0.1, -0.05) is 0 Å². The highest BCUT2D eigenvalue weighted by Crippen LogP contribution is 2.32. The minimum Gasteiger partial charge on any atom is -0.379 e. The summed E-state index contributed by atoms with van der Waals surface area (Å²) >= 11 is 0. The van der Waals surface area contributed by atoms with Crippen molar-refractivity contribution in [3.63, 3.8) is 0 Å². The zero-order valence-corrected chi connectivity index (χ0v) is 20.1. The molecule has 2 fully saturated rings. The van der Waals surface area contributed by atoms with E-state index < -0.39 is 23.1 Å². The van der Waals surface area contributed by atoms with Crippen LogP contribution in [0.1, 0.15) is 38.1 Å². The Kier molecular flexibility index (Phi) is 7.54. The van der Waals surface area contributed by atoms with E-state index in [0.29, 0.717) is 61.5 Å². The number of nitrogens with one attached hydrogen (secondary N) is 3. The SMILES string of the molecule is CNCOC[C@H]1CC[C@H](Nc2ncc3nc(Nc4c(F)cc(F)cc4F)n([C@H]4CCOC4)c3n2)CC1. The van der Waals surface area contributed by atoms with Gasteiger partial charge in [-0.2, -0.15) is 4.98 Å². The molecule has 0 amide bonds. The molecule has 0 spiro atoms. The lowest BCUT2D eigenvalue weighted by Gasteiger charge is -2.29. The van der Waals surface area contributed by atoms with E-state index in [1.165, 1.54) is 0 Å². The van der Waals surface area contributed by atoms with Gasteiger partial charge in [0.2, 0.25) is 11.9 Å². The molecule has 0 unspecified atom stereocenters. The van der Waals surface area contributed by atoms with E-state index in [4.69, 9.17) is 14.5 Å². The van der Waals surface area contributed by atoms with Gasteiger partial charge in [-0.25, -0.2) is 23.1 Å². The number of rotatable bonds is 9. The van der Waals surface area contributed by atoms with Crippen LogP contribution in [0, 0.1) is 23.4 Å². The first-order chi connectivity index (χ1) is 17.5. The zero-order valence-electron chi connectivity index (χ0n) is 20.1. The van der Waals surface area contributed by atoms with E-state index in [9.17, 15) is 13.2 Å². The highest BCUT2D eigenvalue weighted by Gasteiger charge is 2.27. The standard InChI is InChI=1S/C24H30F3N7O2/c1-28-13-36-11-14-2-4-16(5-3-14)30-23-29-10-20-22(33-23)34(17-6-7-35-12-17)24(31-20)32-21-18(26)8-15(25)9-19(21)27/h8-10,14,16-17,28H,2-7,11-13H2,1H3,(H,31,32)(H,29,30,33)/t14-,16-,17-/m0/s1. The van der Waals surface area contributed by atoms with Gasteiger partial charge in [0, 0.05) is 24.8 Å². The fourth-order valence-corrected chi connectivity index (χ4v) is 4.88. The Hall–Kier alpha value is -2.96. The Bertz CT molecular complexity index is 1170. The zero-order chi connectivity index (χ0) is 25.1. The van der Waals surface area contributed by atoms with E-state index in [2.05, 4.69) is 25.9 Å². The van der Waals surface area contributed by atoms with E-state index in [0.717, 1.165) is 32.3 Å². The van der Waals surface area contributed by atoms with Crippen molar-refractivity contribution in [2.75, 3.05) is 44.2 Å². The monoisotopic (exact) mass is 505 g/mol. The first-order valence-corrected chi connectivity index (χ1v) is 12.2. The van der Waals surface area contributed by atoms with Crippen molar-refractivity contribution in [3.8, 4) is 0 Å². The van der Waals surface area contributed by atoms with Crippen molar-refractivity contribution in [2.24, 2.45) is 5.92 Å². The molecule has 3 heterocycles. The second-order valence-electron chi connectivity index (χ2n) is 9.33. The smallest absolute Gasteiger partial charge is 0.224 e. The molecule has 3 aromatic rings. The topological polar surface area (TPSA) is 98.2 Å². The predicted octanol–water partition coefficient (Wildman–Crippen LogP) is 4.11. The van der Waals surface area contributed by atoms with Crippen LogP contribution in [-0.2, 0) is 9.47 Å². The third-order valence-electron chi connectivity index (χ3n) is 6.73. The van der Waals surface area contributed by atoms with E-state index in [-0.39, 0.29) is 18.0 Å². The van der Waals surface area contributed by atoms with Gasteiger partial charge >= 0.3 is 0 Å². The molecule has 12 heteroatoms. The second-order valence-corrected chi connectivity index (χ2v) is 9.33. The Morgan fingerprint density at radius 2 is 1.86 bits per heavy atom. The molecule has 3 N–H and O–H groups in total. The molecule has 2 aliphatic rings. The number of nitrogens with zero attached hydrogens (tertiary/aromatic N) is 4. The Morgan fingerprint density at radius 1 is 1.08 bits per heavy atom. The molecule has 0 bridgehead atoms. The summed E-state index contributed by atoms with van der Waals surface area (Å²) in [7, 11) is 1.86. The van der Waals surface area contributed by atoms with E-state index >= 15 is 0 Å². The fraction of sp³-hybridized carbons (Fsp3) is 0.542. The van der Waals surface area contributed by atoms with Crippen molar-refractivity contribution in [2.45, 2.75) is 44.2 Å². The maximum Gasteiger partial charge on any atom is 0.224 e. The maximum atomic E-state index is 14.3. The van der Waals surface area contributed by atoms with Crippen molar-refractivity contribution in [3.05, 3.63) is 35.8 Å². The summed E-state index contributed by atoms with van der Waals surface area (Å²) in [6, 6.07) is 1.37. The lowest BCUT2D eigenvalue weighted by molar-refractivity contribution is 0.0750. The number of benzene rings is 1. The largest absolute Gasteiger partial charge is 0.379 e. The molecular formula is C24H30F3N7O2. The van der Waals surface area contributed by atoms with E-state index in [1.54, 1.807) is 10.8 Å². The number of halogens is 3. The maximum absolute atomic E-state index is 14.3. The summed E-state index contributed by atoms with van der Waals surface area (Å²) in [5.41, 5.74) is 0.527. The first-order valence-electron chi connectivity index (χ1n) is 12.2. The predicted molar refractivity (Wildman–Crippen MR) is 129 cm³/mol. The van der Waals surface area contributed by atoms with Crippen molar-refractivity contribution < 1.29 is 22.6 Å². The molecular weight excluding hydrogens is 475 g/mol. The molecule has 36 heavy (non-hydrogen) atoms. The second kappa shape index (κ2) is 11.0. The van der Waals surface area contributed by atoms with Gasteiger partial charge in [-0.05, 0) is 45.1 Å². The molecule has 1 saturated carbocycles. The van der Waals surface area contributed by atoms with Gasteiger partial charge < -0.3 is 20.1 Å². The van der Waals surface area contributed by atoms with Gasteiger partial charge in [-0.3, -0.25) is 9.88 Å². The Morgan fingerprint density at radius 3 is 2.56 bits per heavy atom. The van der Waals surface area contributed by atoms with Crippen LogP contribution in [0.4, 0.5) is 30.8 Å². The molecule has 0 radical (unpaired) electrons. The number of fused-ring (bicyclic) bond motifs is 1. The van der Waals surface area contributed by atoms with Crippen LogP contribution >= 0.6 is 0 Å². The molecule has 2 aromatic heterocycles. The molecule has 1 aliphatic heterocycles. The summed E-state index contributed by atoms with van der Waals surface area (Å²) in [6.07, 6.45) is 6.38. The quantitative estimate of drug-likeness (QED) is 0.295. The number of ether oxygens (including phenoxy) is 2. The van der Waals surface area contributed by atoms with Gasteiger partial charge in [-0.15, -0.1) is 0 Å². The fourth-order valence-electron chi connectivity index (χ4n) is 4.88. The number of hydrogen-bond acceptors (Lipinski definition) is 8. The summed E-state index contributed by atoms with van der Waals surface area (Å²) < 4.78 is 55.0. The van der Waals surface area contributed by atoms with Crippen LogP contribution in [0.25, 0.3) is 11.2 Å². The Balaban J connectivity index is 1.37. The van der Waals surface area contributed by atoms with Crippen molar-refractivity contribution in [1.29, 1.82) is 0 Å². The molecule has 9 nitrogen and oxygen atoms in total. The molecule has 1 aliphatic carbocycles.